The molecule has 0 saturated heterocycles. The van der Waals surface area contributed by atoms with E-state index in [1.807, 2.05) is 24.3 Å². The van der Waals surface area contributed by atoms with Crippen molar-refractivity contribution in [1.29, 1.82) is 0 Å². The van der Waals surface area contributed by atoms with Crippen LogP contribution in [0.2, 0.25) is 0 Å². The highest BCUT2D eigenvalue weighted by Crippen LogP contribution is 2.12. The van der Waals surface area contributed by atoms with Crippen LogP contribution >= 0.6 is 12.2 Å². The van der Waals surface area contributed by atoms with Crippen molar-refractivity contribution in [3.05, 3.63) is 29.8 Å². The molecule has 0 spiro atoms. The molecule has 0 aliphatic carbocycles. The predicted octanol–water partition coefficient (Wildman–Crippen LogP) is 2.87. The minimum atomic E-state index is 0.519. The van der Waals surface area contributed by atoms with Crippen LogP contribution < -0.4 is 10.5 Å². The van der Waals surface area contributed by atoms with E-state index in [1.54, 1.807) is 0 Å². The first-order valence-electron chi connectivity index (χ1n) is 7.19. The second kappa shape index (κ2) is 8.93. The Morgan fingerprint density at radius 3 is 2.55 bits per heavy atom. The molecule has 20 heavy (non-hydrogen) atoms. The third kappa shape index (κ3) is 6.87. The van der Waals surface area contributed by atoms with Crippen LogP contribution in [-0.2, 0) is 6.42 Å². The molecule has 1 aromatic rings. The highest BCUT2D eigenvalue weighted by Gasteiger charge is 2.04. The van der Waals surface area contributed by atoms with Crippen molar-refractivity contribution < 1.29 is 4.74 Å². The van der Waals surface area contributed by atoms with Crippen molar-refractivity contribution in [2.24, 2.45) is 11.7 Å². The predicted molar refractivity (Wildman–Crippen MR) is 89.4 cm³/mol. The zero-order valence-corrected chi connectivity index (χ0v) is 13.6. The van der Waals surface area contributed by atoms with Gasteiger partial charge in [0.25, 0.3) is 0 Å². The number of rotatable bonds is 9. The number of nitrogens with two attached hydrogens (primary N) is 1. The Balaban J connectivity index is 2.29. The van der Waals surface area contributed by atoms with E-state index in [0.29, 0.717) is 18.0 Å². The molecule has 4 heteroatoms. The number of hydrogen-bond acceptors (Lipinski definition) is 3. The van der Waals surface area contributed by atoms with Gasteiger partial charge in [0.05, 0.1) is 4.99 Å². The highest BCUT2D eigenvalue weighted by molar-refractivity contribution is 7.80. The molecule has 3 nitrogen and oxygen atoms in total. The van der Waals surface area contributed by atoms with Gasteiger partial charge in [0.15, 0.2) is 0 Å². The Morgan fingerprint density at radius 2 is 2.00 bits per heavy atom. The van der Waals surface area contributed by atoms with Gasteiger partial charge in [-0.2, -0.15) is 0 Å². The molecule has 2 N–H and O–H groups in total. The largest absolute Gasteiger partial charge is 0.492 e. The van der Waals surface area contributed by atoms with Crippen molar-refractivity contribution >= 4 is 17.2 Å². The van der Waals surface area contributed by atoms with Crippen LogP contribution in [0.5, 0.6) is 5.75 Å². The fraction of sp³-hybridized carbons (Fsp3) is 0.562. The summed E-state index contributed by atoms with van der Waals surface area (Å²) in [5, 5.41) is 0. The molecular formula is C16H26N2OS. The van der Waals surface area contributed by atoms with Crippen molar-refractivity contribution in [2.45, 2.75) is 26.7 Å². The lowest BCUT2D eigenvalue weighted by atomic mass is 10.1. The van der Waals surface area contributed by atoms with Gasteiger partial charge in [0.2, 0.25) is 0 Å². The first-order chi connectivity index (χ1) is 9.51. The summed E-state index contributed by atoms with van der Waals surface area (Å²) >= 11 is 4.89. The Morgan fingerprint density at radius 1 is 1.35 bits per heavy atom. The molecule has 0 amide bonds. The van der Waals surface area contributed by atoms with Crippen LogP contribution in [0.1, 0.15) is 25.8 Å². The van der Waals surface area contributed by atoms with Crippen LogP contribution in [0, 0.1) is 5.92 Å². The van der Waals surface area contributed by atoms with E-state index in [1.165, 1.54) is 6.42 Å². The van der Waals surface area contributed by atoms with Crippen LogP contribution in [0.15, 0.2) is 24.3 Å². The molecule has 0 radical (unpaired) electrons. The van der Waals surface area contributed by atoms with Crippen molar-refractivity contribution in [3.63, 3.8) is 0 Å². The molecule has 0 aliphatic rings. The zero-order chi connectivity index (χ0) is 15.0. The first kappa shape index (κ1) is 16.9. The minimum absolute atomic E-state index is 0.519. The molecule has 1 unspecified atom stereocenters. The third-order valence-corrected chi connectivity index (χ3v) is 3.51. The smallest absolute Gasteiger partial charge is 0.119 e. The molecule has 112 valence electrons. The van der Waals surface area contributed by atoms with Gasteiger partial charge in [0, 0.05) is 19.5 Å². The minimum Gasteiger partial charge on any atom is -0.492 e. The average Bonchev–Trinajstić information content (AvgIpc) is 2.40. The zero-order valence-electron chi connectivity index (χ0n) is 12.8. The van der Waals surface area contributed by atoms with Crippen molar-refractivity contribution in [3.8, 4) is 5.75 Å². The van der Waals surface area contributed by atoms with Gasteiger partial charge >= 0.3 is 0 Å². The number of nitrogens with zero attached hydrogens (tertiary/aromatic N) is 1. The number of thiocarbonyl (C=S) groups is 1. The first-order valence-corrected chi connectivity index (χ1v) is 7.60. The summed E-state index contributed by atoms with van der Waals surface area (Å²) in [6.07, 6.45) is 1.86. The van der Waals surface area contributed by atoms with Gasteiger partial charge in [0.1, 0.15) is 12.4 Å². The molecule has 0 saturated carbocycles. The molecular weight excluding hydrogens is 268 g/mol. The monoisotopic (exact) mass is 294 g/mol. The molecule has 0 aromatic heterocycles. The van der Waals surface area contributed by atoms with Gasteiger partial charge in [-0.25, -0.2) is 0 Å². The molecule has 0 aliphatic heterocycles. The second-order valence-corrected chi connectivity index (χ2v) is 5.94. The van der Waals surface area contributed by atoms with E-state index in [9.17, 15) is 0 Å². The highest BCUT2D eigenvalue weighted by atomic mass is 32.1. The maximum atomic E-state index is 5.75. The standard InChI is InChI=1S/C16H26N2OS/c1-4-13(2)12-18(3)9-10-19-15-7-5-14(6-8-15)11-16(17)20/h5-8,13H,4,9-12H2,1-3H3,(H2,17,20). The van der Waals surface area contributed by atoms with Crippen molar-refractivity contribution in [2.75, 3.05) is 26.7 Å². The normalized spacial score (nSPS) is 12.4. The lowest BCUT2D eigenvalue weighted by Crippen LogP contribution is -2.28. The summed E-state index contributed by atoms with van der Waals surface area (Å²) in [5.74, 6) is 1.63. The Bertz CT molecular complexity index is 405. The third-order valence-electron chi connectivity index (χ3n) is 3.36. The molecule has 0 fully saturated rings. The summed E-state index contributed by atoms with van der Waals surface area (Å²) in [6.45, 7) is 7.27. The van der Waals surface area contributed by atoms with E-state index in [0.717, 1.165) is 30.3 Å². The summed E-state index contributed by atoms with van der Waals surface area (Å²) in [6, 6.07) is 7.97. The lowest BCUT2D eigenvalue weighted by molar-refractivity contribution is 0.217. The van der Waals surface area contributed by atoms with E-state index in [-0.39, 0.29) is 0 Å². The van der Waals surface area contributed by atoms with Crippen LogP contribution in [0.25, 0.3) is 0 Å². The van der Waals surface area contributed by atoms with Crippen LogP contribution in [0.3, 0.4) is 0 Å². The van der Waals surface area contributed by atoms with E-state index in [4.69, 9.17) is 22.7 Å². The second-order valence-electron chi connectivity index (χ2n) is 5.41. The Hall–Kier alpha value is -1.13. The van der Waals surface area contributed by atoms with Gasteiger partial charge in [-0.3, -0.25) is 0 Å². The topological polar surface area (TPSA) is 38.5 Å². The Kier molecular flexibility index (Phi) is 7.55. The lowest BCUT2D eigenvalue weighted by Gasteiger charge is -2.20. The SMILES string of the molecule is CCC(C)CN(C)CCOc1ccc(CC(N)=S)cc1. The number of hydrogen-bond donors (Lipinski definition) is 1. The summed E-state index contributed by atoms with van der Waals surface area (Å²) in [4.78, 5) is 2.83. The van der Waals surface area contributed by atoms with Gasteiger partial charge in [-0.1, -0.05) is 44.6 Å². The fourth-order valence-electron chi connectivity index (χ4n) is 1.98. The summed E-state index contributed by atoms with van der Waals surface area (Å²) in [5.41, 5.74) is 6.65. The Labute approximate surface area is 128 Å². The van der Waals surface area contributed by atoms with Gasteiger partial charge in [-0.15, -0.1) is 0 Å². The molecule has 1 atom stereocenters. The molecule has 0 heterocycles. The molecule has 1 rings (SSSR count). The molecule has 1 aromatic carbocycles. The molecule has 0 bridgehead atoms. The van der Waals surface area contributed by atoms with Gasteiger partial charge in [-0.05, 0) is 30.7 Å². The van der Waals surface area contributed by atoms with Crippen LogP contribution in [0.4, 0.5) is 0 Å². The summed E-state index contributed by atoms with van der Waals surface area (Å²) in [7, 11) is 2.14. The quantitative estimate of drug-likeness (QED) is 0.711. The average molecular weight is 294 g/mol. The van der Waals surface area contributed by atoms with Crippen molar-refractivity contribution in [1.82, 2.24) is 4.90 Å². The number of ether oxygens (including phenoxy) is 1. The van der Waals surface area contributed by atoms with E-state index >= 15 is 0 Å². The summed E-state index contributed by atoms with van der Waals surface area (Å²) < 4.78 is 5.75. The maximum absolute atomic E-state index is 5.75. The van der Waals surface area contributed by atoms with Crippen LogP contribution in [-0.4, -0.2) is 36.6 Å². The van der Waals surface area contributed by atoms with Gasteiger partial charge < -0.3 is 15.4 Å². The number of likely N-dealkylation sites (N-methyl/N-ethyl adjacent to an activating group) is 1. The van der Waals surface area contributed by atoms with E-state index < -0.39 is 0 Å². The number of benzene rings is 1. The fourth-order valence-corrected chi connectivity index (χ4v) is 2.14. The maximum Gasteiger partial charge on any atom is 0.119 e. The van der Waals surface area contributed by atoms with E-state index in [2.05, 4.69) is 25.8 Å².